The van der Waals surface area contributed by atoms with E-state index in [0.29, 0.717) is 33.8 Å². The van der Waals surface area contributed by atoms with Crippen molar-refractivity contribution >= 4 is 28.2 Å². The number of carbonyl (C=O) groups excluding carboxylic acids is 2. The minimum Gasteiger partial charge on any atom is -0.543 e. The number of fused-ring (bicyclic) bond motifs is 2. The monoisotopic (exact) mass is 468 g/mol. The highest BCUT2D eigenvalue weighted by atomic mass is 28.4. The molecule has 1 aliphatic carbocycles. The lowest BCUT2D eigenvalue weighted by atomic mass is 9.83. The summed E-state index contributed by atoms with van der Waals surface area (Å²) in [7, 11) is -4.04. The third-order valence-electron chi connectivity index (χ3n) is 7.51. The first-order chi connectivity index (χ1) is 15.3. The van der Waals surface area contributed by atoms with Crippen molar-refractivity contribution in [2.24, 2.45) is 0 Å². The van der Waals surface area contributed by atoms with E-state index >= 15 is 0 Å². The van der Waals surface area contributed by atoms with Gasteiger partial charge in [-0.05, 0) is 48.4 Å². The van der Waals surface area contributed by atoms with E-state index in [1.807, 2.05) is 24.3 Å². The van der Waals surface area contributed by atoms with Crippen LogP contribution in [0.25, 0.3) is 0 Å². The molecular formula is C26H36O4Si2. The quantitative estimate of drug-likeness (QED) is 0.294. The van der Waals surface area contributed by atoms with Crippen molar-refractivity contribution in [1.29, 1.82) is 0 Å². The second kappa shape index (κ2) is 9.75. The molecule has 172 valence electrons. The molecule has 0 saturated heterocycles. The van der Waals surface area contributed by atoms with Gasteiger partial charge in [-0.3, -0.25) is 9.59 Å². The van der Waals surface area contributed by atoms with E-state index in [-0.39, 0.29) is 11.6 Å². The first-order valence-corrected chi connectivity index (χ1v) is 17.1. The minimum atomic E-state index is -2.02. The highest BCUT2D eigenvalue weighted by Crippen LogP contribution is 2.40. The van der Waals surface area contributed by atoms with Gasteiger partial charge in [0.25, 0.3) is 16.6 Å². The van der Waals surface area contributed by atoms with E-state index < -0.39 is 16.6 Å². The second-order valence-electron chi connectivity index (χ2n) is 8.71. The van der Waals surface area contributed by atoms with Crippen LogP contribution in [0.5, 0.6) is 11.5 Å². The molecule has 0 atom stereocenters. The second-order valence-corrected chi connectivity index (χ2v) is 18.1. The van der Waals surface area contributed by atoms with Gasteiger partial charge in [0.05, 0.1) is 11.1 Å². The van der Waals surface area contributed by atoms with E-state index in [4.69, 9.17) is 8.85 Å². The highest BCUT2D eigenvalue weighted by Gasteiger charge is 2.39. The molecule has 32 heavy (non-hydrogen) atoms. The van der Waals surface area contributed by atoms with Crippen LogP contribution in [0.4, 0.5) is 0 Å². The van der Waals surface area contributed by atoms with E-state index in [9.17, 15) is 9.59 Å². The molecule has 0 saturated carbocycles. The summed E-state index contributed by atoms with van der Waals surface area (Å²) < 4.78 is 13.2. The Morgan fingerprint density at radius 2 is 0.906 bits per heavy atom. The third kappa shape index (κ3) is 4.10. The van der Waals surface area contributed by atoms with Crippen molar-refractivity contribution in [3.8, 4) is 11.5 Å². The molecule has 0 aromatic heterocycles. The van der Waals surface area contributed by atoms with Gasteiger partial charge in [-0.1, -0.05) is 65.8 Å². The normalized spacial score (nSPS) is 13.6. The fourth-order valence-electron chi connectivity index (χ4n) is 4.75. The van der Waals surface area contributed by atoms with E-state index in [1.165, 1.54) is 0 Å². The number of benzene rings is 2. The lowest BCUT2D eigenvalue weighted by Gasteiger charge is -2.33. The van der Waals surface area contributed by atoms with Crippen LogP contribution in [0.1, 0.15) is 73.4 Å². The Balaban J connectivity index is 2.15. The molecule has 4 nitrogen and oxygen atoms in total. The lowest BCUT2D eigenvalue weighted by Crippen LogP contribution is -2.41. The highest BCUT2D eigenvalue weighted by molar-refractivity contribution is 6.74. The van der Waals surface area contributed by atoms with Gasteiger partial charge < -0.3 is 8.85 Å². The van der Waals surface area contributed by atoms with Crippen molar-refractivity contribution in [2.75, 3.05) is 0 Å². The molecule has 1 aliphatic rings. The summed E-state index contributed by atoms with van der Waals surface area (Å²) in [6.45, 7) is 13.0. The average Bonchev–Trinajstić information content (AvgIpc) is 2.84. The SMILES string of the molecule is CC[Si](CC)(CC)Oc1cccc2c1C(=O)c1c(O[Si](CC)(CC)CC)cccc1C2=O. The summed E-state index contributed by atoms with van der Waals surface area (Å²) >= 11 is 0. The van der Waals surface area contributed by atoms with E-state index in [2.05, 4.69) is 41.5 Å². The standard InChI is InChI=1S/C26H36O4Si2/c1-7-31(8-2,9-3)29-21-17-13-15-19-23(21)26(28)24-20(25(19)27)16-14-18-22(24)30-32(10-4,11-5)12-6/h13-18H,7-12H2,1-6H3. The van der Waals surface area contributed by atoms with E-state index in [1.54, 1.807) is 12.1 Å². The first-order valence-electron chi connectivity index (χ1n) is 12.1. The van der Waals surface area contributed by atoms with Gasteiger partial charge >= 0.3 is 0 Å². The maximum atomic E-state index is 13.9. The van der Waals surface area contributed by atoms with Crippen LogP contribution in [0, 0.1) is 0 Å². The molecule has 0 radical (unpaired) electrons. The Kier molecular flexibility index (Phi) is 7.45. The molecule has 0 bridgehead atoms. The van der Waals surface area contributed by atoms with Crippen molar-refractivity contribution in [2.45, 2.75) is 77.8 Å². The lowest BCUT2D eigenvalue weighted by molar-refractivity contribution is 0.0975. The molecule has 0 unspecified atom stereocenters. The fraction of sp³-hybridized carbons (Fsp3) is 0.462. The Morgan fingerprint density at radius 1 is 0.562 bits per heavy atom. The maximum Gasteiger partial charge on any atom is 0.250 e. The molecule has 0 aliphatic heterocycles. The van der Waals surface area contributed by atoms with Gasteiger partial charge in [0.2, 0.25) is 5.78 Å². The van der Waals surface area contributed by atoms with Crippen LogP contribution in [-0.2, 0) is 0 Å². The zero-order chi connectivity index (χ0) is 23.5. The first kappa shape index (κ1) is 24.5. The summed E-state index contributed by atoms with van der Waals surface area (Å²) in [6, 6.07) is 16.6. The van der Waals surface area contributed by atoms with Gasteiger partial charge in [0.1, 0.15) is 11.5 Å². The smallest absolute Gasteiger partial charge is 0.250 e. The number of carbonyl (C=O) groups is 2. The van der Waals surface area contributed by atoms with Crippen LogP contribution in [-0.4, -0.2) is 28.2 Å². The number of ketones is 2. The molecule has 2 aromatic rings. The summed E-state index contributed by atoms with van der Waals surface area (Å²) in [4.78, 5) is 27.4. The summed E-state index contributed by atoms with van der Waals surface area (Å²) in [5.41, 5.74) is 1.69. The summed E-state index contributed by atoms with van der Waals surface area (Å²) in [5, 5.41) is 0. The molecular weight excluding hydrogens is 432 g/mol. The molecule has 6 heteroatoms. The van der Waals surface area contributed by atoms with E-state index in [0.717, 1.165) is 36.3 Å². The zero-order valence-electron chi connectivity index (χ0n) is 20.3. The molecule has 0 fully saturated rings. The fourth-order valence-corrected chi connectivity index (χ4v) is 9.89. The van der Waals surface area contributed by atoms with Crippen LogP contribution >= 0.6 is 0 Å². The van der Waals surface area contributed by atoms with Crippen molar-refractivity contribution in [3.05, 3.63) is 58.7 Å². The van der Waals surface area contributed by atoms with Crippen molar-refractivity contribution in [3.63, 3.8) is 0 Å². The Labute approximate surface area is 194 Å². The predicted molar refractivity (Wildman–Crippen MR) is 135 cm³/mol. The molecule has 0 heterocycles. The minimum absolute atomic E-state index is 0.126. The van der Waals surface area contributed by atoms with Crippen LogP contribution in [0.2, 0.25) is 36.3 Å². The molecule has 3 rings (SSSR count). The number of hydrogen-bond donors (Lipinski definition) is 0. The maximum absolute atomic E-state index is 13.9. The van der Waals surface area contributed by atoms with Gasteiger partial charge in [0.15, 0.2) is 5.78 Å². The van der Waals surface area contributed by atoms with Crippen molar-refractivity contribution < 1.29 is 18.4 Å². The van der Waals surface area contributed by atoms with Crippen LogP contribution < -0.4 is 8.85 Å². The van der Waals surface area contributed by atoms with Gasteiger partial charge in [-0.15, -0.1) is 0 Å². The number of hydrogen-bond acceptors (Lipinski definition) is 4. The third-order valence-corrected chi connectivity index (χ3v) is 16.6. The molecule has 0 amide bonds. The predicted octanol–water partition coefficient (Wildman–Crippen LogP) is 7.23. The summed E-state index contributed by atoms with van der Waals surface area (Å²) in [6.07, 6.45) is 0. The largest absolute Gasteiger partial charge is 0.543 e. The molecule has 0 N–H and O–H groups in total. The van der Waals surface area contributed by atoms with Crippen molar-refractivity contribution in [1.82, 2.24) is 0 Å². The topological polar surface area (TPSA) is 52.6 Å². The van der Waals surface area contributed by atoms with Gasteiger partial charge in [-0.2, -0.15) is 0 Å². The Bertz CT molecular complexity index is 913. The van der Waals surface area contributed by atoms with Gasteiger partial charge in [0, 0.05) is 11.1 Å². The molecule has 2 aromatic carbocycles. The average molecular weight is 469 g/mol. The zero-order valence-corrected chi connectivity index (χ0v) is 22.3. The Hall–Kier alpha value is -2.19. The molecule has 0 spiro atoms. The summed E-state index contributed by atoms with van der Waals surface area (Å²) in [5.74, 6) is 0.837. The number of rotatable bonds is 10. The van der Waals surface area contributed by atoms with Crippen LogP contribution in [0.15, 0.2) is 36.4 Å². The van der Waals surface area contributed by atoms with Gasteiger partial charge in [-0.25, -0.2) is 0 Å². The van der Waals surface area contributed by atoms with Crippen LogP contribution in [0.3, 0.4) is 0 Å². The Morgan fingerprint density at radius 3 is 1.22 bits per heavy atom.